The molecule has 0 aliphatic rings. The zero-order valence-electron chi connectivity index (χ0n) is 16.0. The molecule has 150 valence electrons. The molecule has 1 unspecified atom stereocenters. The van der Waals surface area contributed by atoms with E-state index in [0.717, 1.165) is 16.9 Å². The van der Waals surface area contributed by atoms with Gasteiger partial charge in [-0.3, -0.25) is 9.59 Å². The quantitative estimate of drug-likeness (QED) is 0.612. The van der Waals surface area contributed by atoms with Crippen LogP contribution in [0.1, 0.15) is 25.0 Å². The van der Waals surface area contributed by atoms with Crippen LogP contribution in [0.5, 0.6) is 0 Å². The summed E-state index contributed by atoms with van der Waals surface area (Å²) in [5, 5.41) is 3.67. The lowest BCUT2D eigenvalue weighted by atomic mass is 10.1. The third kappa shape index (κ3) is 6.73. The summed E-state index contributed by atoms with van der Waals surface area (Å²) in [4.78, 5) is 26.8. The van der Waals surface area contributed by atoms with Crippen LogP contribution in [-0.4, -0.2) is 35.1 Å². The van der Waals surface area contributed by atoms with Crippen molar-refractivity contribution in [3.8, 4) is 0 Å². The molecular weight excluding hydrogens is 415 g/mol. The smallest absolute Gasteiger partial charge is 0.242 e. The highest BCUT2D eigenvalue weighted by Crippen LogP contribution is 2.24. The highest BCUT2D eigenvalue weighted by atomic mass is 35.5. The number of nitrogens with one attached hydrogen (secondary N) is 1. The van der Waals surface area contributed by atoms with Crippen molar-refractivity contribution < 1.29 is 9.59 Å². The van der Waals surface area contributed by atoms with E-state index in [-0.39, 0.29) is 11.8 Å². The van der Waals surface area contributed by atoms with Crippen LogP contribution in [0.3, 0.4) is 0 Å². The minimum absolute atomic E-state index is 0.0919. The van der Waals surface area contributed by atoms with Gasteiger partial charge in [-0.25, -0.2) is 0 Å². The van der Waals surface area contributed by atoms with E-state index in [1.807, 2.05) is 43.3 Å². The fourth-order valence-electron chi connectivity index (χ4n) is 2.65. The molecule has 2 aromatic rings. The van der Waals surface area contributed by atoms with Gasteiger partial charge in [0.1, 0.15) is 6.04 Å². The Balaban J connectivity index is 2.08. The van der Waals surface area contributed by atoms with E-state index in [1.165, 1.54) is 11.8 Å². The van der Waals surface area contributed by atoms with Crippen molar-refractivity contribution in [3.63, 3.8) is 0 Å². The largest absolute Gasteiger partial charge is 0.355 e. The number of hydrogen-bond donors (Lipinski definition) is 1. The minimum atomic E-state index is -0.584. The molecule has 0 bridgehead atoms. The molecule has 0 saturated heterocycles. The molecule has 0 fully saturated rings. The molecule has 0 saturated carbocycles. The van der Waals surface area contributed by atoms with Gasteiger partial charge >= 0.3 is 0 Å². The number of amides is 2. The summed E-state index contributed by atoms with van der Waals surface area (Å²) in [7, 11) is 0. The lowest BCUT2D eigenvalue weighted by molar-refractivity contribution is -0.138. The maximum absolute atomic E-state index is 12.9. The van der Waals surface area contributed by atoms with Gasteiger partial charge in [-0.1, -0.05) is 59.6 Å². The summed E-state index contributed by atoms with van der Waals surface area (Å²) in [5.74, 6) is 0.762. The molecule has 28 heavy (non-hydrogen) atoms. The number of halogens is 2. The number of carbonyl (C=O) groups excluding carboxylic acids is 2. The molecule has 4 nitrogen and oxygen atoms in total. The average molecular weight is 439 g/mol. The van der Waals surface area contributed by atoms with Crippen LogP contribution in [0.4, 0.5) is 0 Å². The van der Waals surface area contributed by atoms with E-state index in [2.05, 4.69) is 5.32 Å². The van der Waals surface area contributed by atoms with Crippen LogP contribution in [0.25, 0.3) is 0 Å². The molecule has 0 radical (unpaired) electrons. The zero-order chi connectivity index (χ0) is 20.5. The third-order valence-corrected chi connectivity index (χ3v) is 5.92. The number of likely N-dealkylation sites (N-methyl/N-ethyl adjacent to an activating group) is 1. The summed E-state index contributed by atoms with van der Waals surface area (Å²) in [6.07, 6.45) is 0. The van der Waals surface area contributed by atoms with Crippen LogP contribution in [0, 0.1) is 0 Å². The Hall–Kier alpha value is -1.69. The highest BCUT2D eigenvalue weighted by Gasteiger charge is 2.25. The van der Waals surface area contributed by atoms with Crippen LogP contribution in [0.15, 0.2) is 48.5 Å². The molecule has 0 heterocycles. The first-order valence-corrected chi connectivity index (χ1v) is 11.0. The number of nitrogens with zero attached hydrogens (tertiary/aromatic N) is 1. The van der Waals surface area contributed by atoms with Gasteiger partial charge < -0.3 is 10.2 Å². The molecule has 2 aromatic carbocycles. The first-order chi connectivity index (χ1) is 13.4. The van der Waals surface area contributed by atoms with Crippen LogP contribution in [0.2, 0.25) is 10.0 Å². The van der Waals surface area contributed by atoms with E-state index in [4.69, 9.17) is 23.2 Å². The zero-order valence-corrected chi connectivity index (χ0v) is 18.3. The van der Waals surface area contributed by atoms with Gasteiger partial charge in [0.2, 0.25) is 11.8 Å². The average Bonchev–Trinajstić information content (AvgIpc) is 2.69. The second-order valence-electron chi connectivity index (χ2n) is 6.32. The van der Waals surface area contributed by atoms with E-state index in [9.17, 15) is 9.59 Å². The molecule has 0 spiro atoms. The van der Waals surface area contributed by atoms with Gasteiger partial charge in [0.05, 0.1) is 15.8 Å². The Morgan fingerprint density at radius 1 is 1.07 bits per heavy atom. The van der Waals surface area contributed by atoms with E-state index in [1.54, 1.807) is 24.0 Å². The second kappa shape index (κ2) is 11.3. The van der Waals surface area contributed by atoms with Crippen molar-refractivity contribution >= 4 is 46.8 Å². The maximum Gasteiger partial charge on any atom is 0.242 e. The van der Waals surface area contributed by atoms with Gasteiger partial charge in [-0.05, 0) is 37.1 Å². The Morgan fingerprint density at radius 2 is 1.79 bits per heavy atom. The Labute approximate surface area is 180 Å². The molecule has 2 amide bonds. The van der Waals surface area contributed by atoms with Gasteiger partial charge in [-0.15, -0.1) is 11.8 Å². The predicted molar refractivity (Wildman–Crippen MR) is 118 cm³/mol. The maximum atomic E-state index is 12.9. The molecule has 1 N–H and O–H groups in total. The second-order valence-corrected chi connectivity index (χ2v) is 8.12. The van der Waals surface area contributed by atoms with Gasteiger partial charge in [-0.2, -0.15) is 0 Å². The van der Waals surface area contributed by atoms with Crippen molar-refractivity contribution in [3.05, 3.63) is 69.7 Å². The Kier molecular flexibility index (Phi) is 9.16. The fraction of sp³-hybridized carbons (Fsp3) is 0.333. The van der Waals surface area contributed by atoms with Crippen LogP contribution >= 0.6 is 35.0 Å². The molecule has 0 aliphatic heterocycles. The molecule has 7 heteroatoms. The SMILES string of the molecule is CCNC(=O)C(C)N(Cc1ccc(Cl)c(Cl)c1)C(=O)CSCc1ccccc1. The summed E-state index contributed by atoms with van der Waals surface area (Å²) in [6, 6.07) is 14.6. The number of rotatable bonds is 9. The first kappa shape index (κ1) is 22.6. The van der Waals surface area contributed by atoms with Crippen molar-refractivity contribution in [2.24, 2.45) is 0 Å². The molecular formula is C21H24Cl2N2O2S. The lowest BCUT2D eigenvalue weighted by Gasteiger charge is -2.28. The van der Waals surface area contributed by atoms with Crippen LogP contribution < -0.4 is 5.32 Å². The topological polar surface area (TPSA) is 49.4 Å². The number of hydrogen-bond acceptors (Lipinski definition) is 3. The summed E-state index contributed by atoms with van der Waals surface area (Å²) < 4.78 is 0. The molecule has 0 aliphatic carbocycles. The van der Waals surface area contributed by atoms with Crippen molar-refractivity contribution in [2.75, 3.05) is 12.3 Å². The predicted octanol–water partition coefficient (Wildman–Crippen LogP) is 4.78. The summed E-state index contributed by atoms with van der Waals surface area (Å²) in [6.45, 7) is 4.40. The van der Waals surface area contributed by atoms with Gasteiger partial charge in [0, 0.05) is 18.8 Å². The molecule has 2 rings (SSSR count). The van der Waals surface area contributed by atoms with E-state index >= 15 is 0 Å². The summed E-state index contributed by atoms with van der Waals surface area (Å²) in [5.41, 5.74) is 1.99. The standard InChI is InChI=1S/C21H24Cl2N2O2S/c1-3-24-21(27)15(2)25(12-17-9-10-18(22)19(23)11-17)20(26)14-28-13-16-7-5-4-6-8-16/h4-11,15H,3,12-14H2,1-2H3,(H,24,27). The monoisotopic (exact) mass is 438 g/mol. The van der Waals surface area contributed by atoms with Gasteiger partial charge in [0.25, 0.3) is 0 Å². The number of benzene rings is 2. The van der Waals surface area contributed by atoms with E-state index < -0.39 is 6.04 Å². The highest BCUT2D eigenvalue weighted by molar-refractivity contribution is 7.99. The fourth-order valence-corrected chi connectivity index (χ4v) is 3.84. The van der Waals surface area contributed by atoms with Crippen molar-refractivity contribution in [1.29, 1.82) is 0 Å². The lowest BCUT2D eigenvalue weighted by Crippen LogP contribution is -2.48. The Morgan fingerprint density at radius 3 is 2.43 bits per heavy atom. The van der Waals surface area contributed by atoms with Crippen molar-refractivity contribution in [2.45, 2.75) is 32.2 Å². The molecule has 0 aromatic heterocycles. The van der Waals surface area contributed by atoms with Crippen molar-refractivity contribution in [1.82, 2.24) is 10.2 Å². The minimum Gasteiger partial charge on any atom is -0.355 e. The number of carbonyl (C=O) groups is 2. The molecule has 1 atom stereocenters. The normalized spacial score (nSPS) is 11.7. The van der Waals surface area contributed by atoms with E-state index in [0.29, 0.717) is 28.9 Å². The van der Waals surface area contributed by atoms with Crippen LogP contribution in [-0.2, 0) is 21.9 Å². The number of thioether (sulfide) groups is 1. The van der Waals surface area contributed by atoms with Gasteiger partial charge in [0.15, 0.2) is 0 Å². The third-order valence-electron chi connectivity index (χ3n) is 4.19. The Bertz CT molecular complexity index is 802. The summed E-state index contributed by atoms with van der Waals surface area (Å²) >= 11 is 13.6. The first-order valence-electron chi connectivity index (χ1n) is 9.05.